The number of methoxy groups -OCH3 is 1. The number of benzene rings is 2. The van der Waals surface area contributed by atoms with Gasteiger partial charge in [0.15, 0.2) is 0 Å². The number of nitrogens with one attached hydrogen (secondary N) is 2. The van der Waals surface area contributed by atoms with Crippen molar-refractivity contribution >= 4 is 15.9 Å². The maximum atomic E-state index is 12.8. The normalized spacial score (nSPS) is 11.1. The lowest BCUT2D eigenvalue weighted by molar-refractivity contribution is -0.119. The van der Waals surface area contributed by atoms with Crippen molar-refractivity contribution in [3.05, 3.63) is 59.9 Å². The third-order valence-corrected chi connectivity index (χ3v) is 4.83. The van der Waals surface area contributed by atoms with Crippen molar-refractivity contribution < 1.29 is 22.3 Å². The van der Waals surface area contributed by atoms with Crippen LogP contribution in [0, 0.1) is 5.82 Å². The average molecular weight is 366 g/mol. The van der Waals surface area contributed by atoms with Crippen LogP contribution in [0.4, 0.5) is 4.39 Å². The van der Waals surface area contributed by atoms with E-state index in [1.165, 1.54) is 0 Å². The topological polar surface area (TPSA) is 84.5 Å². The molecule has 0 aliphatic rings. The van der Waals surface area contributed by atoms with E-state index in [1.807, 2.05) is 24.3 Å². The van der Waals surface area contributed by atoms with Gasteiger partial charge in [0, 0.05) is 6.54 Å². The summed E-state index contributed by atoms with van der Waals surface area (Å²) in [6.45, 7) is -0.0257. The Kier molecular flexibility index (Phi) is 6.49. The molecule has 0 saturated heterocycles. The highest BCUT2D eigenvalue weighted by Gasteiger charge is 2.15. The first-order valence-electron chi connectivity index (χ1n) is 7.55. The molecule has 0 aliphatic heterocycles. The molecule has 0 radical (unpaired) electrons. The SMILES string of the molecule is COc1cccc(CCNC(=O)CNS(=O)(=O)c2ccc(F)cc2)c1. The number of carbonyl (C=O) groups is 1. The summed E-state index contributed by atoms with van der Waals surface area (Å²) in [4.78, 5) is 11.7. The van der Waals surface area contributed by atoms with Crippen LogP contribution in [0.25, 0.3) is 0 Å². The number of halogens is 1. The smallest absolute Gasteiger partial charge is 0.241 e. The van der Waals surface area contributed by atoms with Gasteiger partial charge in [0.2, 0.25) is 15.9 Å². The largest absolute Gasteiger partial charge is 0.497 e. The molecule has 0 aromatic heterocycles. The van der Waals surface area contributed by atoms with Crippen molar-refractivity contribution in [3.63, 3.8) is 0 Å². The van der Waals surface area contributed by atoms with E-state index in [-0.39, 0.29) is 4.90 Å². The Morgan fingerprint density at radius 2 is 1.88 bits per heavy atom. The monoisotopic (exact) mass is 366 g/mol. The van der Waals surface area contributed by atoms with Crippen molar-refractivity contribution in [1.82, 2.24) is 10.0 Å². The molecule has 1 amide bonds. The first kappa shape index (κ1) is 18.9. The first-order valence-corrected chi connectivity index (χ1v) is 9.04. The minimum absolute atomic E-state index is 0.0990. The molecule has 0 atom stereocenters. The summed E-state index contributed by atoms with van der Waals surface area (Å²) >= 11 is 0. The lowest BCUT2D eigenvalue weighted by Crippen LogP contribution is -2.37. The highest BCUT2D eigenvalue weighted by molar-refractivity contribution is 7.89. The molecule has 0 aliphatic carbocycles. The highest BCUT2D eigenvalue weighted by Crippen LogP contribution is 2.12. The lowest BCUT2D eigenvalue weighted by Gasteiger charge is -2.08. The predicted octanol–water partition coefficient (Wildman–Crippen LogP) is 1.47. The van der Waals surface area contributed by atoms with Crippen LogP contribution in [0.15, 0.2) is 53.4 Å². The quantitative estimate of drug-likeness (QED) is 0.741. The van der Waals surface area contributed by atoms with Gasteiger partial charge in [-0.3, -0.25) is 4.79 Å². The van der Waals surface area contributed by atoms with Crippen LogP contribution in [0.5, 0.6) is 5.75 Å². The van der Waals surface area contributed by atoms with Gasteiger partial charge in [-0.15, -0.1) is 0 Å². The maximum absolute atomic E-state index is 12.8. The van der Waals surface area contributed by atoms with Gasteiger partial charge < -0.3 is 10.1 Å². The zero-order chi connectivity index (χ0) is 18.3. The van der Waals surface area contributed by atoms with Gasteiger partial charge in [0.05, 0.1) is 18.6 Å². The second-order valence-corrected chi connectivity index (χ2v) is 7.00. The maximum Gasteiger partial charge on any atom is 0.241 e. The third kappa shape index (κ3) is 5.84. The zero-order valence-electron chi connectivity index (χ0n) is 13.7. The molecule has 0 saturated carbocycles. The second kappa shape index (κ2) is 8.59. The Morgan fingerprint density at radius 3 is 2.56 bits per heavy atom. The number of rotatable bonds is 8. The predicted molar refractivity (Wildman–Crippen MR) is 91.3 cm³/mol. The Hall–Kier alpha value is -2.45. The average Bonchev–Trinajstić information content (AvgIpc) is 2.61. The van der Waals surface area contributed by atoms with Gasteiger partial charge in [0.25, 0.3) is 0 Å². The van der Waals surface area contributed by atoms with Gasteiger partial charge in [-0.05, 0) is 48.4 Å². The van der Waals surface area contributed by atoms with Gasteiger partial charge in [-0.1, -0.05) is 12.1 Å². The minimum atomic E-state index is -3.85. The Labute approximate surface area is 146 Å². The molecule has 0 fully saturated rings. The fourth-order valence-corrected chi connectivity index (χ4v) is 3.08. The number of hydrogen-bond donors (Lipinski definition) is 2. The number of sulfonamides is 1. The van der Waals surface area contributed by atoms with Crippen molar-refractivity contribution in [1.29, 1.82) is 0 Å². The van der Waals surface area contributed by atoms with Crippen LogP contribution in [0.1, 0.15) is 5.56 Å². The van der Waals surface area contributed by atoms with Crippen LogP contribution in [-0.2, 0) is 21.2 Å². The molecule has 0 spiro atoms. The second-order valence-electron chi connectivity index (χ2n) is 5.23. The van der Waals surface area contributed by atoms with E-state index < -0.39 is 28.3 Å². The number of hydrogen-bond acceptors (Lipinski definition) is 4. The number of ether oxygens (including phenoxy) is 1. The van der Waals surface area contributed by atoms with E-state index in [0.29, 0.717) is 13.0 Å². The Morgan fingerprint density at radius 1 is 1.16 bits per heavy atom. The fourth-order valence-electron chi connectivity index (χ4n) is 2.09. The van der Waals surface area contributed by atoms with Gasteiger partial charge in [-0.25, -0.2) is 17.5 Å². The molecule has 8 heteroatoms. The van der Waals surface area contributed by atoms with E-state index in [4.69, 9.17) is 4.74 Å². The summed E-state index contributed by atoms with van der Waals surface area (Å²) < 4.78 is 44.1. The van der Waals surface area contributed by atoms with Crippen LogP contribution < -0.4 is 14.8 Å². The molecule has 25 heavy (non-hydrogen) atoms. The van der Waals surface area contributed by atoms with Crippen LogP contribution in [0.2, 0.25) is 0 Å². The van der Waals surface area contributed by atoms with Crippen molar-refractivity contribution in [2.75, 3.05) is 20.2 Å². The Balaban J connectivity index is 1.79. The lowest BCUT2D eigenvalue weighted by atomic mass is 10.1. The minimum Gasteiger partial charge on any atom is -0.497 e. The standard InChI is InChI=1S/C17H19FN2O4S/c1-24-15-4-2-3-13(11-15)9-10-19-17(21)12-20-25(22,23)16-7-5-14(18)6-8-16/h2-8,11,20H,9-10,12H2,1H3,(H,19,21). The van der Waals surface area contributed by atoms with Crippen molar-refractivity contribution in [2.24, 2.45) is 0 Å². The summed E-state index contributed by atoms with van der Waals surface area (Å²) in [6, 6.07) is 11.8. The number of amides is 1. The van der Waals surface area contributed by atoms with E-state index >= 15 is 0 Å². The van der Waals surface area contributed by atoms with Crippen molar-refractivity contribution in [2.45, 2.75) is 11.3 Å². The number of carbonyl (C=O) groups excluding carboxylic acids is 1. The Bertz CT molecular complexity index is 823. The third-order valence-electron chi connectivity index (χ3n) is 3.42. The highest BCUT2D eigenvalue weighted by atomic mass is 32.2. The van der Waals surface area contributed by atoms with E-state index in [9.17, 15) is 17.6 Å². The molecule has 6 nitrogen and oxygen atoms in total. The molecule has 134 valence electrons. The summed E-state index contributed by atoms with van der Waals surface area (Å²) in [6.07, 6.45) is 0.591. The molecule has 0 unspecified atom stereocenters. The molecule has 2 aromatic rings. The summed E-state index contributed by atoms with van der Waals surface area (Å²) in [7, 11) is -2.27. The molecule has 0 bridgehead atoms. The molecule has 2 rings (SSSR count). The zero-order valence-corrected chi connectivity index (χ0v) is 14.5. The molecular weight excluding hydrogens is 347 g/mol. The van der Waals surface area contributed by atoms with Crippen LogP contribution in [-0.4, -0.2) is 34.5 Å². The van der Waals surface area contributed by atoms with Crippen molar-refractivity contribution in [3.8, 4) is 5.75 Å². The fraction of sp³-hybridized carbons (Fsp3) is 0.235. The molecule has 0 heterocycles. The van der Waals surface area contributed by atoms with E-state index in [1.54, 1.807) is 7.11 Å². The van der Waals surface area contributed by atoms with Gasteiger partial charge in [-0.2, -0.15) is 0 Å². The molecule has 2 N–H and O–H groups in total. The van der Waals surface area contributed by atoms with Gasteiger partial charge in [0.1, 0.15) is 11.6 Å². The van der Waals surface area contributed by atoms with E-state index in [2.05, 4.69) is 10.0 Å². The van der Waals surface area contributed by atoms with Gasteiger partial charge >= 0.3 is 0 Å². The van der Waals surface area contributed by atoms with E-state index in [0.717, 1.165) is 35.6 Å². The summed E-state index contributed by atoms with van der Waals surface area (Å²) in [5.41, 5.74) is 0.992. The summed E-state index contributed by atoms with van der Waals surface area (Å²) in [5, 5.41) is 2.64. The molecule has 2 aromatic carbocycles. The van der Waals surface area contributed by atoms with Crippen LogP contribution >= 0.6 is 0 Å². The van der Waals surface area contributed by atoms with Crippen LogP contribution in [0.3, 0.4) is 0 Å². The first-order chi connectivity index (χ1) is 11.9. The molecular formula is C17H19FN2O4S. The summed E-state index contributed by atoms with van der Waals surface area (Å²) in [5.74, 6) is -0.251.